The molecule has 3 aliphatic rings. The van der Waals surface area contributed by atoms with E-state index in [0.717, 1.165) is 24.3 Å². The zero-order valence-corrected chi connectivity index (χ0v) is 13.2. The van der Waals surface area contributed by atoms with Gasteiger partial charge in [0.15, 0.2) is 0 Å². The lowest BCUT2D eigenvalue weighted by Crippen LogP contribution is -2.53. The van der Waals surface area contributed by atoms with E-state index in [9.17, 15) is 0 Å². The third kappa shape index (κ3) is 3.17. The summed E-state index contributed by atoms with van der Waals surface area (Å²) in [6, 6.07) is 12.2. The fourth-order valence-electron chi connectivity index (χ4n) is 4.09. The van der Waals surface area contributed by atoms with Gasteiger partial charge in [-0.15, -0.1) is 0 Å². The molecule has 1 heterocycles. The first-order chi connectivity index (χ1) is 10.3. The summed E-state index contributed by atoms with van der Waals surface area (Å²) < 4.78 is 0. The zero-order valence-electron chi connectivity index (χ0n) is 13.2. The van der Waals surface area contributed by atoms with E-state index in [1.165, 1.54) is 44.3 Å². The number of nitrogens with zero attached hydrogens (tertiary/aromatic N) is 1. The number of hydrogen-bond donors (Lipinski definition) is 1. The Labute approximate surface area is 128 Å². The van der Waals surface area contributed by atoms with Gasteiger partial charge in [0.1, 0.15) is 0 Å². The largest absolute Gasteiger partial charge is 0.307 e. The van der Waals surface area contributed by atoms with Crippen molar-refractivity contribution in [2.75, 3.05) is 19.6 Å². The van der Waals surface area contributed by atoms with Gasteiger partial charge in [0.2, 0.25) is 0 Å². The van der Waals surface area contributed by atoms with Gasteiger partial charge in [-0.2, -0.15) is 0 Å². The van der Waals surface area contributed by atoms with E-state index in [1.807, 2.05) is 0 Å². The highest BCUT2D eigenvalue weighted by atomic mass is 15.2. The number of rotatable bonds is 5. The summed E-state index contributed by atoms with van der Waals surface area (Å²) in [4.78, 5) is 2.77. The Bertz CT molecular complexity index is 452. The average Bonchev–Trinajstić information content (AvgIpc) is 3.40. The number of hydrogen-bond acceptors (Lipinski definition) is 2. The third-order valence-electron chi connectivity index (χ3n) is 5.80. The molecule has 2 atom stereocenters. The minimum absolute atomic E-state index is 0.515. The quantitative estimate of drug-likeness (QED) is 0.891. The molecule has 114 valence electrons. The molecule has 2 unspecified atom stereocenters. The van der Waals surface area contributed by atoms with Gasteiger partial charge in [-0.1, -0.05) is 30.3 Å². The Morgan fingerprint density at radius 2 is 1.76 bits per heavy atom. The van der Waals surface area contributed by atoms with Gasteiger partial charge in [0.25, 0.3) is 0 Å². The summed E-state index contributed by atoms with van der Waals surface area (Å²) >= 11 is 0. The Balaban J connectivity index is 1.43. The van der Waals surface area contributed by atoms with Crippen LogP contribution >= 0.6 is 0 Å². The Hall–Kier alpha value is -0.860. The molecule has 0 bridgehead atoms. The maximum atomic E-state index is 3.74. The molecule has 4 rings (SSSR count). The summed E-state index contributed by atoms with van der Waals surface area (Å²) in [6.07, 6.45) is 6.01. The minimum atomic E-state index is 0.515. The van der Waals surface area contributed by atoms with E-state index >= 15 is 0 Å². The van der Waals surface area contributed by atoms with Crippen molar-refractivity contribution in [1.82, 2.24) is 10.2 Å². The molecule has 1 aliphatic heterocycles. The molecule has 2 saturated carbocycles. The Kier molecular flexibility index (Phi) is 3.76. The van der Waals surface area contributed by atoms with Crippen LogP contribution in [0.25, 0.3) is 0 Å². The Morgan fingerprint density at radius 1 is 1.10 bits per heavy atom. The molecule has 2 nitrogen and oxygen atoms in total. The predicted molar refractivity (Wildman–Crippen MR) is 87.2 cm³/mol. The van der Waals surface area contributed by atoms with E-state index in [2.05, 4.69) is 47.5 Å². The number of nitrogens with one attached hydrogen (secondary N) is 1. The van der Waals surface area contributed by atoms with Crippen molar-refractivity contribution in [2.24, 2.45) is 17.8 Å². The molecule has 1 aromatic rings. The van der Waals surface area contributed by atoms with Crippen LogP contribution in [0.4, 0.5) is 0 Å². The standard InChI is InChI=1S/C19H28N2/c1-14-11-20-19(17-5-3-2-4-6-17)13-21(14)12-18(15-7-8-15)16-9-10-16/h2-6,14-16,18-20H,7-13H2,1H3. The van der Waals surface area contributed by atoms with Crippen LogP contribution < -0.4 is 5.32 Å². The molecule has 1 aromatic carbocycles. The van der Waals surface area contributed by atoms with Crippen LogP contribution in [0, 0.1) is 17.8 Å². The molecule has 0 radical (unpaired) electrons. The topological polar surface area (TPSA) is 15.3 Å². The molecule has 2 heteroatoms. The van der Waals surface area contributed by atoms with Crippen LogP contribution in [0.3, 0.4) is 0 Å². The first-order valence-electron chi connectivity index (χ1n) is 8.83. The van der Waals surface area contributed by atoms with Gasteiger partial charge in [0.05, 0.1) is 0 Å². The van der Waals surface area contributed by atoms with Crippen LogP contribution in [0.15, 0.2) is 30.3 Å². The van der Waals surface area contributed by atoms with Crippen molar-refractivity contribution < 1.29 is 0 Å². The van der Waals surface area contributed by atoms with Crippen LogP contribution in [-0.4, -0.2) is 30.6 Å². The van der Waals surface area contributed by atoms with Gasteiger partial charge >= 0.3 is 0 Å². The van der Waals surface area contributed by atoms with Gasteiger partial charge in [-0.3, -0.25) is 4.90 Å². The van der Waals surface area contributed by atoms with Crippen molar-refractivity contribution in [3.63, 3.8) is 0 Å². The van der Waals surface area contributed by atoms with Crippen LogP contribution in [0.2, 0.25) is 0 Å². The third-order valence-corrected chi connectivity index (χ3v) is 5.80. The van der Waals surface area contributed by atoms with E-state index in [-0.39, 0.29) is 0 Å². The second-order valence-corrected chi connectivity index (χ2v) is 7.51. The first-order valence-corrected chi connectivity index (χ1v) is 8.83. The van der Waals surface area contributed by atoms with Gasteiger partial charge < -0.3 is 5.32 Å². The highest BCUT2D eigenvalue weighted by molar-refractivity contribution is 5.20. The maximum Gasteiger partial charge on any atom is 0.0449 e. The van der Waals surface area contributed by atoms with Crippen molar-refractivity contribution in [2.45, 2.75) is 44.7 Å². The fraction of sp³-hybridized carbons (Fsp3) is 0.684. The van der Waals surface area contributed by atoms with Crippen molar-refractivity contribution in [1.29, 1.82) is 0 Å². The van der Waals surface area contributed by atoms with Crippen LogP contribution in [0.5, 0.6) is 0 Å². The predicted octanol–water partition coefficient (Wildman–Crippen LogP) is 3.46. The fourth-order valence-corrected chi connectivity index (χ4v) is 4.09. The second kappa shape index (κ2) is 5.73. The van der Waals surface area contributed by atoms with Gasteiger partial charge in [0, 0.05) is 31.7 Å². The monoisotopic (exact) mass is 284 g/mol. The van der Waals surface area contributed by atoms with E-state index < -0.39 is 0 Å². The molecule has 3 fully saturated rings. The normalized spacial score (nSPS) is 30.8. The van der Waals surface area contributed by atoms with Crippen molar-refractivity contribution >= 4 is 0 Å². The molecule has 1 N–H and O–H groups in total. The van der Waals surface area contributed by atoms with E-state index in [1.54, 1.807) is 0 Å². The Morgan fingerprint density at radius 3 is 2.38 bits per heavy atom. The average molecular weight is 284 g/mol. The second-order valence-electron chi connectivity index (χ2n) is 7.51. The lowest BCUT2D eigenvalue weighted by atomic mass is 9.94. The summed E-state index contributed by atoms with van der Waals surface area (Å²) in [7, 11) is 0. The van der Waals surface area contributed by atoms with Crippen LogP contribution in [-0.2, 0) is 0 Å². The molecule has 21 heavy (non-hydrogen) atoms. The SMILES string of the molecule is CC1CNC(c2ccccc2)CN1CC(C1CC1)C1CC1. The molecule has 0 aromatic heterocycles. The highest BCUT2D eigenvalue weighted by Crippen LogP contribution is 2.49. The molecule has 1 saturated heterocycles. The molecule has 2 aliphatic carbocycles. The summed E-state index contributed by atoms with van der Waals surface area (Å²) in [5.74, 6) is 3.13. The zero-order chi connectivity index (χ0) is 14.2. The lowest BCUT2D eigenvalue weighted by molar-refractivity contribution is 0.108. The number of benzene rings is 1. The maximum absolute atomic E-state index is 3.74. The van der Waals surface area contributed by atoms with Crippen LogP contribution in [0.1, 0.15) is 44.2 Å². The first kappa shape index (κ1) is 13.8. The summed E-state index contributed by atoms with van der Waals surface area (Å²) in [5, 5.41) is 3.74. The summed E-state index contributed by atoms with van der Waals surface area (Å²) in [5.41, 5.74) is 1.45. The van der Waals surface area contributed by atoms with Crippen molar-refractivity contribution in [3.05, 3.63) is 35.9 Å². The molecule has 0 spiro atoms. The van der Waals surface area contributed by atoms with Gasteiger partial charge in [-0.25, -0.2) is 0 Å². The van der Waals surface area contributed by atoms with Gasteiger partial charge in [-0.05, 0) is 55.9 Å². The van der Waals surface area contributed by atoms with Crippen molar-refractivity contribution in [3.8, 4) is 0 Å². The lowest BCUT2D eigenvalue weighted by Gasteiger charge is -2.41. The van der Waals surface area contributed by atoms with E-state index in [4.69, 9.17) is 0 Å². The smallest absolute Gasteiger partial charge is 0.0449 e. The van der Waals surface area contributed by atoms with E-state index in [0.29, 0.717) is 12.1 Å². The highest BCUT2D eigenvalue weighted by Gasteiger charge is 2.43. The minimum Gasteiger partial charge on any atom is -0.307 e. The molecule has 0 amide bonds. The summed E-state index contributed by atoms with van der Waals surface area (Å²) in [6.45, 7) is 6.05. The molecular formula is C19H28N2. The number of piperazine rings is 1. The molecular weight excluding hydrogens is 256 g/mol.